The van der Waals surface area contributed by atoms with E-state index in [-0.39, 0.29) is 22.5 Å². The lowest BCUT2D eigenvalue weighted by molar-refractivity contribution is -0.383. The van der Waals surface area contributed by atoms with Crippen molar-refractivity contribution in [3.63, 3.8) is 0 Å². The molecule has 15 heavy (non-hydrogen) atoms. The fraction of sp³-hybridized carbons (Fsp3) is 0. The number of rotatable bonds is 2. The van der Waals surface area contributed by atoms with Crippen molar-refractivity contribution in [2.24, 2.45) is 5.11 Å². The molecule has 0 saturated carbocycles. The Balaban J connectivity index is 2.81. The molecule has 0 aliphatic rings. The third kappa shape index (κ3) is 1.32. The van der Waals surface area contributed by atoms with Crippen LogP contribution in [0.25, 0.3) is 21.5 Å². The van der Waals surface area contributed by atoms with Gasteiger partial charge in [-0.3, -0.25) is 10.1 Å². The van der Waals surface area contributed by atoms with Gasteiger partial charge < -0.3 is 4.52 Å². The van der Waals surface area contributed by atoms with Gasteiger partial charge in [0.05, 0.1) is 10.6 Å². The van der Waals surface area contributed by atoms with Gasteiger partial charge in [0.25, 0.3) is 0 Å². The first-order valence-corrected chi connectivity index (χ1v) is 3.68. The summed E-state index contributed by atoms with van der Waals surface area (Å²) in [5.74, 6) is 0. The zero-order valence-electron chi connectivity index (χ0n) is 7.06. The summed E-state index contributed by atoms with van der Waals surface area (Å²) in [6.45, 7) is 0. The number of fused-ring (bicyclic) bond motifs is 1. The molecule has 2 rings (SSSR count). The molecule has 0 bridgehead atoms. The zero-order chi connectivity index (χ0) is 10.8. The van der Waals surface area contributed by atoms with Crippen LogP contribution >= 0.6 is 0 Å². The van der Waals surface area contributed by atoms with Gasteiger partial charge >= 0.3 is 5.69 Å². The molecule has 0 aliphatic carbocycles. The largest absolute Gasteiger partial charge is 0.336 e. The highest BCUT2D eigenvalue weighted by Gasteiger charge is 2.18. The third-order valence-electron chi connectivity index (χ3n) is 1.71. The Labute approximate surface area is 81.1 Å². The summed E-state index contributed by atoms with van der Waals surface area (Å²) in [6.07, 6.45) is 0. The van der Waals surface area contributed by atoms with Crippen LogP contribution in [-0.4, -0.2) is 15.3 Å². The summed E-state index contributed by atoms with van der Waals surface area (Å²) in [7, 11) is 0. The number of nitro groups is 1. The van der Waals surface area contributed by atoms with Crippen LogP contribution in [0.4, 0.5) is 11.4 Å². The zero-order valence-corrected chi connectivity index (χ0v) is 7.06. The molecule has 1 aromatic heterocycles. The van der Waals surface area contributed by atoms with E-state index < -0.39 is 4.92 Å². The normalized spacial score (nSPS) is 9.87. The fourth-order valence-corrected chi connectivity index (χ4v) is 1.11. The molecule has 1 heterocycles. The molecule has 0 N–H and O–H groups in total. The SMILES string of the molecule is [N-]=[N+]=Nc1ccc([N+](=O)[O-])c2nnoc12. The maximum absolute atomic E-state index is 10.6. The van der Waals surface area contributed by atoms with Crippen molar-refractivity contribution in [3.05, 3.63) is 32.7 Å². The highest BCUT2D eigenvalue weighted by atomic mass is 16.6. The van der Waals surface area contributed by atoms with Crippen LogP contribution in [0.2, 0.25) is 0 Å². The Kier molecular flexibility index (Phi) is 1.92. The Morgan fingerprint density at radius 1 is 1.60 bits per heavy atom. The van der Waals surface area contributed by atoms with Gasteiger partial charge in [-0.15, -0.1) is 5.10 Å². The average Bonchev–Trinajstić information content (AvgIpc) is 2.66. The van der Waals surface area contributed by atoms with E-state index in [1.165, 1.54) is 12.1 Å². The summed E-state index contributed by atoms with van der Waals surface area (Å²) in [5, 5.41) is 20.5. The Morgan fingerprint density at radius 2 is 2.40 bits per heavy atom. The number of azide groups is 1. The monoisotopic (exact) mass is 206 g/mol. The van der Waals surface area contributed by atoms with Gasteiger partial charge in [-0.25, -0.2) is 0 Å². The van der Waals surface area contributed by atoms with Crippen molar-refractivity contribution < 1.29 is 9.45 Å². The molecule has 0 amide bonds. The van der Waals surface area contributed by atoms with Crippen LogP contribution in [0.3, 0.4) is 0 Å². The van der Waals surface area contributed by atoms with Gasteiger partial charge in [-0.1, -0.05) is 5.11 Å². The second kappa shape index (κ2) is 3.24. The molecule has 1 aromatic carbocycles. The summed E-state index contributed by atoms with van der Waals surface area (Å²) < 4.78 is 4.66. The average molecular weight is 206 g/mol. The number of aromatic nitrogens is 2. The van der Waals surface area contributed by atoms with Gasteiger partial charge in [-0.05, 0) is 11.6 Å². The molecular formula is C6H2N6O3. The third-order valence-corrected chi connectivity index (χ3v) is 1.71. The number of non-ortho nitro benzene ring substituents is 1. The molecule has 9 heteroatoms. The summed E-state index contributed by atoms with van der Waals surface area (Å²) >= 11 is 0. The van der Waals surface area contributed by atoms with Crippen molar-refractivity contribution in [1.29, 1.82) is 0 Å². The maximum Gasteiger partial charge on any atom is 0.300 e. The minimum Gasteiger partial charge on any atom is -0.336 e. The molecule has 0 aliphatic heterocycles. The van der Waals surface area contributed by atoms with Crippen molar-refractivity contribution >= 4 is 22.5 Å². The number of nitro benzene ring substituents is 1. The van der Waals surface area contributed by atoms with E-state index in [9.17, 15) is 10.1 Å². The molecule has 0 atom stereocenters. The van der Waals surface area contributed by atoms with E-state index >= 15 is 0 Å². The Morgan fingerprint density at radius 3 is 3.07 bits per heavy atom. The molecule has 0 unspecified atom stereocenters. The van der Waals surface area contributed by atoms with Gasteiger partial charge in [-0.2, -0.15) is 0 Å². The predicted molar refractivity (Wildman–Crippen MR) is 47.3 cm³/mol. The van der Waals surface area contributed by atoms with Crippen LogP contribution < -0.4 is 0 Å². The molecule has 0 spiro atoms. The first-order chi connectivity index (χ1) is 7.24. The van der Waals surface area contributed by atoms with Crippen molar-refractivity contribution in [1.82, 2.24) is 10.4 Å². The van der Waals surface area contributed by atoms with E-state index in [0.717, 1.165) is 0 Å². The molecule has 2 aromatic rings. The summed E-state index contributed by atoms with van der Waals surface area (Å²) in [5.41, 5.74) is 8.07. The number of nitrogens with zero attached hydrogens (tertiary/aromatic N) is 6. The number of benzene rings is 1. The van der Waals surface area contributed by atoms with Gasteiger partial charge in [0.15, 0.2) is 0 Å². The molecular weight excluding hydrogens is 204 g/mol. The number of hydrogen-bond acceptors (Lipinski definition) is 6. The molecule has 9 nitrogen and oxygen atoms in total. The Hall–Kier alpha value is -2.67. The molecule has 74 valence electrons. The minimum atomic E-state index is -0.619. The van der Waals surface area contributed by atoms with E-state index in [1.807, 2.05) is 0 Å². The van der Waals surface area contributed by atoms with E-state index in [1.54, 1.807) is 0 Å². The molecule has 0 fully saturated rings. The van der Waals surface area contributed by atoms with Crippen LogP contribution in [0, 0.1) is 10.1 Å². The van der Waals surface area contributed by atoms with E-state index in [2.05, 4.69) is 24.9 Å². The van der Waals surface area contributed by atoms with Crippen molar-refractivity contribution in [2.75, 3.05) is 0 Å². The first kappa shape index (κ1) is 8.91. The lowest BCUT2D eigenvalue weighted by Gasteiger charge is -1.92. The van der Waals surface area contributed by atoms with Crippen molar-refractivity contribution in [3.8, 4) is 0 Å². The lowest BCUT2D eigenvalue weighted by atomic mass is 10.2. The highest BCUT2D eigenvalue weighted by molar-refractivity contribution is 5.90. The smallest absolute Gasteiger partial charge is 0.300 e. The lowest BCUT2D eigenvalue weighted by Crippen LogP contribution is -1.88. The summed E-state index contributed by atoms with van der Waals surface area (Å²) in [4.78, 5) is 12.5. The quantitative estimate of drug-likeness (QED) is 0.244. The fourth-order valence-electron chi connectivity index (χ4n) is 1.11. The van der Waals surface area contributed by atoms with Crippen LogP contribution in [-0.2, 0) is 0 Å². The standard InChI is InChI=1S/C6H2N6O3/c7-10-8-3-1-2-4(12(13)14)5-6(3)15-11-9-5/h1-2H. The van der Waals surface area contributed by atoms with E-state index in [0.29, 0.717) is 0 Å². The first-order valence-electron chi connectivity index (χ1n) is 3.68. The second-order valence-electron chi connectivity index (χ2n) is 2.50. The minimum absolute atomic E-state index is 0.00185. The van der Waals surface area contributed by atoms with E-state index in [4.69, 9.17) is 5.53 Å². The summed E-state index contributed by atoms with van der Waals surface area (Å²) in [6, 6.07) is 2.45. The van der Waals surface area contributed by atoms with Gasteiger partial charge in [0.2, 0.25) is 11.1 Å². The van der Waals surface area contributed by atoms with Gasteiger partial charge in [0, 0.05) is 16.2 Å². The molecule has 0 radical (unpaired) electrons. The topological polar surface area (TPSA) is 131 Å². The van der Waals surface area contributed by atoms with Crippen LogP contribution in [0.5, 0.6) is 0 Å². The molecule has 0 saturated heterocycles. The number of hydrogen-bond donors (Lipinski definition) is 0. The second-order valence-corrected chi connectivity index (χ2v) is 2.50. The van der Waals surface area contributed by atoms with Gasteiger partial charge in [0.1, 0.15) is 0 Å². The Bertz CT molecular complexity index is 548. The maximum atomic E-state index is 10.6. The predicted octanol–water partition coefficient (Wildman–Crippen LogP) is 2.07. The van der Waals surface area contributed by atoms with Crippen molar-refractivity contribution in [2.45, 2.75) is 0 Å². The highest BCUT2D eigenvalue weighted by Crippen LogP contribution is 2.31. The van der Waals surface area contributed by atoms with Crippen LogP contribution in [0.15, 0.2) is 21.8 Å². The van der Waals surface area contributed by atoms with Crippen LogP contribution in [0.1, 0.15) is 0 Å².